The molecule has 6 heteroatoms. The van der Waals surface area contributed by atoms with Crippen LogP contribution in [0.1, 0.15) is 164 Å². The van der Waals surface area contributed by atoms with Gasteiger partial charge in [0.25, 0.3) is 0 Å². The molecule has 0 bridgehead atoms. The number of nitrogens with zero attached hydrogens (tertiary/aromatic N) is 1. The number of hydrogen-bond acceptors (Lipinski definition) is 4. The van der Waals surface area contributed by atoms with E-state index in [1.165, 1.54) is 96.3 Å². The normalized spacial score (nSPS) is 32.2. The van der Waals surface area contributed by atoms with Gasteiger partial charge in [-0.15, -0.1) is 0 Å². The number of rotatable bonds is 23. The largest absolute Gasteiger partial charge is 0.379 e. The highest BCUT2D eigenvalue weighted by molar-refractivity contribution is 5.75. The monoisotopic (exact) mass is 686 g/mol. The zero-order valence-corrected chi connectivity index (χ0v) is 33.0. The molecule has 3 fully saturated rings. The summed E-state index contributed by atoms with van der Waals surface area (Å²) in [6, 6.07) is 0. The van der Waals surface area contributed by atoms with Crippen LogP contribution >= 0.6 is 0 Å². The van der Waals surface area contributed by atoms with Crippen molar-refractivity contribution in [3.05, 3.63) is 11.6 Å². The van der Waals surface area contributed by atoms with E-state index in [2.05, 4.69) is 52.6 Å². The molecular weight excluding hydrogens is 606 g/mol. The van der Waals surface area contributed by atoms with Gasteiger partial charge in [-0.1, -0.05) is 105 Å². The Morgan fingerprint density at radius 2 is 1.61 bits per heavy atom. The number of allylic oxidation sites excluding steroid dienone is 1. The minimum absolute atomic E-state index is 0.105. The third kappa shape index (κ3) is 11.4. The van der Waals surface area contributed by atoms with Crippen molar-refractivity contribution in [2.45, 2.75) is 176 Å². The minimum atomic E-state index is -0.105. The molecule has 0 radical (unpaired) electrons. The van der Waals surface area contributed by atoms with Crippen LogP contribution < -0.4 is 11.5 Å². The van der Waals surface area contributed by atoms with E-state index in [1.54, 1.807) is 5.57 Å². The van der Waals surface area contributed by atoms with Gasteiger partial charge < -0.3 is 25.7 Å². The first-order chi connectivity index (χ1) is 23.6. The third-order valence-corrected chi connectivity index (χ3v) is 13.9. The van der Waals surface area contributed by atoms with Crippen LogP contribution in [0.2, 0.25) is 0 Å². The molecule has 0 unspecified atom stereocenters. The summed E-state index contributed by atoms with van der Waals surface area (Å²) in [5.41, 5.74) is 13.9. The molecule has 0 aliphatic heterocycles. The van der Waals surface area contributed by atoms with Gasteiger partial charge in [-0.05, 0) is 117 Å². The molecular formula is C43H79N3O3. The summed E-state index contributed by atoms with van der Waals surface area (Å²) in [6.45, 7) is 18.2. The van der Waals surface area contributed by atoms with Gasteiger partial charge in [-0.3, -0.25) is 4.99 Å². The maximum atomic E-state index is 6.52. The number of nitrogens with two attached hydrogens (primary N) is 2. The van der Waals surface area contributed by atoms with E-state index < -0.39 is 0 Å². The second kappa shape index (κ2) is 20.2. The van der Waals surface area contributed by atoms with E-state index in [0.717, 1.165) is 74.4 Å². The number of aliphatic imine (C=N–C) groups is 1. The summed E-state index contributed by atoms with van der Waals surface area (Å²) in [6.07, 6.45) is 27.6. The second-order valence-electron chi connectivity index (χ2n) is 17.8. The van der Waals surface area contributed by atoms with Crippen LogP contribution in [0, 0.1) is 46.3 Å². The van der Waals surface area contributed by atoms with Crippen LogP contribution in [0.15, 0.2) is 16.6 Å². The average Bonchev–Trinajstić information content (AvgIpc) is 3.43. The first-order valence-electron chi connectivity index (χ1n) is 21.1. The van der Waals surface area contributed by atoms with E-state index in [1.807, 2.05) is 0 Å². The Morgan fingerprint density at radius 1 is 0.857 bits per heavy atom. The Morgan fingerprint density at radius 3 is 2.39 bits per heavy atom. The fraction of sp³-hybridized carbons (Fsp3) is 0.930. The van der Waals surface area contributed by atoms with Gasteiger partial charge in [0.15, 0.2) is 5.96 Å². The Hall–Kier alpha value is -1.11. The first kappa shape index (κ1) is 40.7. The summed E-state index contributed by atoms with van der Waals surface area (Å²) in [5.74, 6) is 5.47. The molecule has 0 spiro atoms. The molecule has 0 aromatic heterocycles. The third-order valence-electron chi connectivity index (χ3n) is 13.9. The van der Waals surface area contributed by atoms with Crippen LogP contribution in [0.25, 0.3) is 0 Å². The lowest BCUT2D eigenvalue weighted by Gasteiger charge is -2.58. The van der Waals surface area contributed by atoms with Gasteiger partial charge in [0.2, 0.25) is 0 Å². The summed E-state index contributed by atoms with van der Waals surface area (Å²) in [4.78, 5) is 4.19. The molecule has 4 rings (SSSR count). The summed E-state index contributed by atoms with van der Waals surface area (Å²) >= 11 is 0. The molecule has 6 nitrogen and oxygen atoms in total. The molecule has 4 aliphatic rings. The molecule has 4 N–H and O–H groups in total. The van der Waals surface area contributed by atoms with Gasteiger partial charge in [-0.25, -0.2) is 0 Å². The first-order valence-corrected chi connectivity index (χ1v) is 21.1. The van der Waals surface area contributed by atoms with Crippen molar-refractivity contribution in [3.63, 3.8) is 0 Å². The average molecular weight is 686 g/mol. The topological polar surface area (TPSA) is 92.1 Å². The standard InChI is InChI=1S/C43H79N3O3/c1-7-8-9-10-11-12-26-47-31-36(30-46-41(44)45)49-28-14-13-27-48-35-22-24-42(5)34(29-35)18-19-37-39-21-20-38(33(4)17-15-16-32(2)3)43(39,6)25-23-40(37)42/h18,32-33,35-40H,7-17,19-31H2,1-6H3,(H4,44,45,46)/t33-,35+,36-,37+,38-,39+,40+,42+,43-/m1/s1. The van der Waals surface area contributed by atoms with Gasteiger partial charge >= 0.3 is 0 Å². The van der Waals surface area contributed by atoms with Crippen LogP contribution in [-0.4, -0.2) is 51.1 Å². The Balaban J connectivity index is 1.16. The number of unbranched alkanes of at least 4 members (excludes halogenated alkanes) is 6. The fourth-order valence-electron chi connectivity index (χ4n) is 11.1. The van der Waals surface area contributed by atoms with E-state index in [-0.39, 0.29) is 12.1 Å². The summed E-state index contributed by atoms with van der Waals surface area (Å²) < 4.78 is 18.6. The van der Waals surface area contributed by atoms with Crippen LogP contribution in [0.4, 0.5) is 0 Å². The van der Waals surface area contributed by atoms with Crippen LogP contribution in [-0.2, 0) is 14.2 Å². The Bertz CT molecular complexity index is 1010. The van der Waals surface area contributed by atoms with E-state index >= 15 is 0 Å². The number of guanidine groups is 1. The molecule has 3 saturated carbocycles. The van der Waals surface area contributed by atoms with Crippen molar-refractivity contribution in [1.29, 1.82) is 0 Å². The molecule has 49 heavy (non-hydrogen) atoms. The molecule has 0 aromatic carbocycles. The zero-order valence-electron chi connectivity index (χ0n) is 33.0. The number of hydrogen-bond donors (Lipinski definition) is 2. The van der Waals surface area contributed by atoms with Crippen molar-refractivity contribution in [1.82, 2.24) is 0 Å². The summed E-state index contributed by atoms with van der Waals surface area (Å²) in [5, 5.41) is 0. The van der Waals surface area contributed by atoms with Gasteiger partial charge in [0, 0.05) is 19.8 Å². The molecule has 0 saturated heterocycles. The maximum Gasteiger partial charge on any atom is 0.186 e. The smallest absolute Gasteiger partial charge is 0.186 e. The van der Waals surface area contributed by atoms with Crippen molar-refractivity contribution in [3.8, 4) is 0 Å². The van der Waals surface area contributed by atoms with E-state index in [4.69, 9.17) is 25.7 Å². The Labute approximate surface area is 302 Å². The highest BCUT2D eigenvalue weighted by Crippen LogP contribution is 2.67. The molecule has 0 heterocycles. The van der Waals surface area contributed by atoms with Crippen molar-refractivity contribution < 1.29 is 14.2 Å². The van der Waals surface area contributed by atoms with Gasteiger partial charge in [0.1, 0.15) is 6.10 Å². The van der Waals surface area contributed by atoms with E-state index in [9.17, 15) is 0 Å². The number of fused-ring (bicyclic) bond motifs is 5. The SMILES string of the molecule is CCCCCCCCOC[C@@H](CN=C(N)N)OCCCCO[C@H]1CC[C@@]2(C)C(=CC[C@H]3[C@@H]4CC[C@H]([C@H](C)CCCC(C)C)[C@@]4(C)CC[C@@H]32)C1. The zero-order chi connectivity index (χ0) is 35.3. The van der Waals surface area contributed by atoms with Crippen molar-refractivity contribution in [2.24, 2.45) is 62.8 Å². The molecule has 0 amide bonds. The fourth-order valence-corrected chi connectivity index (χ4v) is 11.1. The molecule has 4 aliphatic carbocycles. The lowest BCUT2D eigenvalue weighted by atomic mass is 9.47. The molecule has 9 atom stereocenters. The lowest BCUT2D eigenvalue weighted by Crippen LogP contribution is -2.51. The number of ether oxygens (including phenoxy) is 3. The Kier molecular flexibility index (Phi) is 16.8. The predicted molar refractivity (Wildman–Crippen MR) is 207 cm³/mol. The second-order valence-corrected chi connectivity index (χ2v) is 17.8. The van der Waals surface area contributed by atoms with E-state index in [0.29, 0.717) is 36.7 Å². The van der Waals surface area contributed by atoms with Gasteiger partial charge in [-0.2, -0.15) is 0 Å². The quantitative estimate of drug-likeness (QED) is 0.0483. The highest BCUT2D eigenvalue weighted by atomic mass is 16.5. The maximum absolute atomic E-state index is 6.52. The van der Waals surface area contributed by atoms with Crippen molar-refractivity contribution >= 4 is 5.96 Å². The lowest BCUT2D eigenvalue weighted by molar-refractivity contribution is -0.0646. The van der Waals surface area contributed by atoms with Crippen LogP contribution in [0.3, 0.4) is 0 Å². The predicted octanol–water partition coefficient (Wildman–Crippen LogP) is 10.2. The molecule has 0 aromatic rings. The van der Waals surface area contributed by atoms with Crippen molar-refractivity contribution in [2.75, 3.05) is 33.0 Å². The van der Waals surface area contributed by atoms with Gasteiger partial charge in [0.05, 0.1) is 19.3 Å². The van der Waals surface area contributed by atoms with Crippen LogP contribution in [0.5, 0.6) is 0 Å². The minimum Gasteiger partial charge on any atom is -0.379 e. The molecule has 284 valence electrons. The highest BCUT2D eigenvalue weighted by Gasteiger charge is 2.59. The summed E-state index contributed by atoms with van der Waals surface area (Å²) in [7, 11) is 0.